The number of aliphatic hydroxyl groups excluding tert-OH is 2. The van der Waals surface area contributed by atoms with E-state index < -0.39 is 53.0 Å². The lowest BCUT2D eigenvalue weighted by molar-refractivity contribution is -0.191. The number of hydrogen-bond acceptors (Lipinski definition) is 8. The van der Waals surface area contributed by atoms with E-state index in [0.29, 0.717) is 4.90 Å². The van der Waals surface area contributed by atoms with Gasteiger partial charge in [-0.05, 0) is 32.4 Å². The Morgan fingerprint density at radius 1 is 1.24 bits per heavy atom. The van der Waals surface area contributed by atoms with Crippen LogP contribution >= 0.6 is 0 Å². The van der Waals surface area contributed by atoms with Crippen molar-refractivity contribution in [3.8, 4) is 0 Å². The highest BCUT2D eigenvalue weighted by Crippen LogP contribution is 2.62. The fourth-order valence-corrected chi connectivity index (χ4v) is 4.80. The molecule has 3 aliphatic heterocycles. The lowest BCUT2D eigenvalue weighted by atomic mass is 9.60. The molecule has 2 saturated heterocycles. The highest BCUT2D eigenvalue weighted by atomic mass is 16.6. The van der Waals surface area contributed by atoms with E-state index in [2.05, 4.69) is 0 Å². The molecule has 29 heavy (non-hydrogen) atoms. The SMILES string of the molecule is COC(=O)[C@]12C[C@H]3OC1([C@H](O)[C@@H]3O)N(C(=O)OC(C)(C)C)C(=O)c1ccccc12. The molecular formula is C20H23NO8. The molecule has 0 saturated carbocycles. The minimum atomic E-state index is -2.18. The van der Waals surface area contributed by atoms with Crippen LogP contribution in [0.25, 0.3) is 0 Å². The normalized spacial score (nSPS) is 35.2. The largest absolute Gasteiger partial charge is 0.468 e. The summed E-state index contributed by atoms with van der Waals surface area (Å²) in [6.45, 7) is 4.87. The first-order chi connectivity index (χ1) is 13.5. The van der Waals surface area contributed by atoms with Gasteiger partial charge in [-0.3, -0.25) is 9.59 Å². The Morgan fingerprint density at radius 2 is 1.90 bits per heavy atom. The molecule has 1 aromatic carbocycles. The quantitative estimate of drug-likeness (QED) is 0.655. The van der Waals surface area contributed by atoms with Crippen molar-refractivity contribution in [2.75, 3.05) is 7.11 Å². The molecule has 1 aromatic rings. The second-order valence-electron chi connectivity index (χ2n) is 8.56. The van der Waals surface area contributed by atoms with Crippen molar-refractivity contribution in [1.82, 2.24) is 4.90 Å². The predicted octanol–water partition coefficient (Wildman–Crippen LogP) is 0.709. The van der Waals surface area contributed by atoms with E-state index in [4.69, 9.17) is 14.2 Å². The first-order valence-electron chi connectivity index (χ1n) is 9.30. The third-order valence-corrected chi connectivity index (χ3v) is 5.82. The fourth-order valence-electron chi connectivity index (χ4n) is 4.80. The van der Waals surface area contributed by atoms with Gasteiger partial charge in [0.2, 0.25) is 5.72 Å². The highest BCUT2D eigenvalue weighted by molar-refractivity contribution is 6.09. The van der Waals surface area contributed by atoms with Gasteiger partial charge in [0.25, 0.3) is 5.91 Å². The number of nitrogens with zero attached hydrogens (tertiary/aromatic N) is 1. The van der Waals surface area contributed by atoms with Gasteiger partial charge in [-0.2, -0.15) is 0 Å². The van der Waals surface area contributed by atoms with Crippen molar-refractivity contribution in [1.29, 1.82) is 0 Å². The summed E-state index contributed by atoms with van der Waals surface area (Å²) < 4.78 is 16.3. The zero-order chi connectivity index (χ0) is 21.4. The van der Waals surface area contributed by atoms with Crippen LogP contribution in [0, 0.1) is 0 Å². The predicted molar refractivity (Wildman–Crippen MR) is 96.8 cm³/mol. The minimum Gasteiger partial charge on any atom is -0.468 e. The van der Waals surface area contributed by atoms with Crippen LogP contribution in [0.1, 0.15) is 43.1 Å². The maximum Gasteiger partial charge on any atom is 0.419 e. The number of imide groups is 1. The van der Waals surface area contributed by atoms with Crippen LogP contribution < -0.4 is 0 Å². The number of amides is 2. The van der Waals surface area contributed by atoms with Gasteiger partial charge < -0.3 is 24.4 Å². The molecule has 0 aliphatic carbocycles. The Balaban J connectivity index is 2.02. The molecule has 1 unspecified atom stereocenters. The minimum absolute atomic E-state index is 0.0680. The van der Waals surface area contributed by atoms with Gasteiger partial charge in [0.15, 0.2) is 0 Å². The second-order valence-corrected chi connectivity index (χ2v) is 8.56. The summed E-state index contributed by atoms with van der Waals surface area (Å²) in [5, 5.41) is 21.4. The summed E-state index contributed by atoms with van der Waals surface area (Å²) in [4.78, 5) is 40.3. The van der Waals surface area contributed by atoms with E-state index in [9.17, 15) is 24.6 Å². The van der Waals surface area contributed by atoms with Gasteiger partial charge in [0.05, 0.1) is 13.2 Å². The average Bonchev–Trinajstić information content (AvgIpc) is 3.13. The number of carbonyl (C=O) groups excluding carboxylic acids is 3. The third kappa shape index (κ3) is 2.29. The lowest BCUT2D eigenvalue weighted by Gasteiger charge is -2.53. The van der Waals surface area contributed by atoms with Crippen molar-refractivity contribution >= 4 is 18.0 Å². The third-order valence-electron chi connectivity index (χ3n) is 5.82. The average molecular weight is 405 g/mol. The number of benzene rings is 1. The van der Waals surface area contributed by atoms with Crippen molar-refractivity contribution in [2.45, 2.75) is 62.2 Å². The number of aliphatic hydroxyl groups is 2. The molecule has 2 amide bonds. The molecular weight excluding hydrogens is 382 g/mol. The van der Waals surface area contributed by atoms with Crippen LogP contribution in [0.3, 0.4) is 0 Å². The van der Waals surface area contributed by atoms with Crippen LogP contribution in [0.5, 0.6) is 0 Å². The van der Waals surface area contributed by atoms with Crippen LogP contribution in [0.4, 0.5) is 4.79 Å². The molecule has 0 aromatic heterocycles. The van der Waals surface area contributed by atoms with Gasteiger partial charge in [-0.1, -0.05) is 18.2 Å². The first kappa shape index (κ1) is 19.8. The number of ether oxygens (including phenoxy) is 3. The number of carbonyl (C=O) groups is 3. The summed E-state index contributed by atoms with van der Waals surface area (Å²) in [6, 6.07) is 6.30. The van der Waals surface area contributed by atoms with Crippen LogP contribution in [-0.4, -0.2) is 69.8 Å². The Bertz CT molecular complexity index is 908. The number of methoxy groups -OCH3 is 1. The Kier molecular flexibility index (Phi) is 4.10. The zero-order valence-corrected chi connectivity index (χ0v) is 16.5. The molecule has 0 radical (unpaired) electrons. The van der Waals surface area contributed by atoms with Crippen LogP contribution in [-0.2, 0) is 24.4 Å². The molecule has 9 heteroatoms. The number of hydrogen-bond donors (Lipinski definition) is 2. The maximum absolute atomic E-state index is 13.4. The number of rotatable bonds is 1. The van der Waals surface area contributed by atoms with E-state index in [0.717, 1.165) is 0 Å². The monoisotopic (exact) mass is 405 g/mol. The highest BCUT2D eigenvalue weighted by Gasteiger charge is 2.82. The van der Waals surface area contributed by atoms with E-state index in [1.807, 2.05) is 0 Å². The summed E-state index contributed by atoms with van der Waals surface area (Å²) in [5.41, 5.74) is -4.46. The lowest BCUT2D eigenvalue weighted by Crippen LogP contribution is -2.75. The molecule has 1 spiro atoms. The fraction of sp³-hybridized carbons (Fsp3) is 0.550. The molecule has 3 heterocycles. The Hall–Kier alpha value is -2.49. The molecule has 5 atom stereocenters. The van der Waals surface area contributed by atoms with Crippen molar-refractivity contribution < 1.29 is 38.8 Å². The summed E-state index contributed by atoms with van der Waals surface area (Å²) >= 11 is 0. The standard InChI is InChI=1S/C20H23NO8/c1-18(2,3)29-17(26)21-15(24)10-7-5-6-8-11(10)19(16(25)27-4)9-12-13(22)14(23)20(19,21)28-12/h5-8,12-14,22-23H,9H2,1-4H3/t12-,13-,14-,19-,20?/m1/s1. The number of fused-ring (bicyclic) bond motifs is 3. The molecule has 2 fully saturated rings. The molecule has 2 N–H and O–H groups in total. The van der Waals surface area contributed by atoms with E-state index in [1.54, 1.807) is 39.0 Å². The maximum atomic E-state index is 13.4. The molecule has 2 bridgehead atoms. The summed E-state index contributed by atoms with van der Waals surface area (Å²) in [6.07, 6.45) is -5.25. The first-order valence-corrected chi connectivity index (χ1v) is 9.30. The molecule has 3 aliphatic rings. The molecule has 9 nitrogen and oxygen atoms in total. The number of esters is 1. The van der Waals surface area contributed by atoms with Gasteiger partial charge in [-0.15, -0.1) is 0 Å². The van der Waals surface area contributed by atoms with Crippen LogP contribution in [0.2, 0.25) is 0 Å². The summed E-state index contributed by atoms with van der Waals surface area (Å²) in [5.74, 6) is -1.57. The summed E-state index contributed by atoms with van der Waals surface area (Å²) in [7, 11) is 1.18. The van der Waals surface area contributed by atoms with Gasteiger partial charge in [0, 0.05) is 12.0 Å². The van der Waals surface area contributed by atoms with Gasteiger partial charge in [0.1, 0.15) is 23.2 Å². The Morgan fingerprint density at radius 3 is 2.48 bits per heavy atom. The Labute approximate surface area is 167 Å². The van der Waals surface area contributed by atoms with Crippen LogP contribution in [0.15, 0.2) is 24.3 Å². The second kappa shape index (κ2) is 6.01. The van der Waals surface area contributed by atoms with E-state index >= 15 is 0 Å². The molecule has 156 valence electrons. The van der Waals surface area contributed by atoms with Crippen molar-refractivity contribution in [3.05, 3.63) is 35.4 Å². The van der Waals surface area contributed by atoms with Gasteiger partial charge in [-0.25, -0.2) is 9.69 Å². The molecule has 4 rings (SSSR count). The van der Waals surface area contributed by atoms with Gasteiger partial charge >= 0.3 is 12.1 Å². The van der Waals surface area contributed by atoms with Crippen molar-refractivity contribution in [3.63, 3.8) is 0 Å². The smallest absolute Gasteiger partial charge is 0.419 e. The topological polar surface area (TPSA) is 123 Å². The van der Waals surface area contributed by atoms with E-state index in [1.165, 1.54) is 13.2 Å². The van der Waals surface area contributed by atoms with Crippen molar-refractivity contribution in [2.24, 2.45) is 0 Å². The zero-order valence-electron chi connectivity index (χ0n) is 16.5. The van der Waals surface area contributed by atoms with E-state index in [-0.39, 0.29) is 17.5 Å².